The largest absolute Gasteiger partial charge is 0.489 e. The molecule has 0 saturated heterocycles. The Bertz CT molecular complexity index is 1570. The van der Waals surface area contributed by atoms with Crippen LogP contribution in [0.3, 0.4) is 0 Å². The fraction of sp³-hybridized carbons (Fsp3) is 0.0667. The van der Waals surface area contributed by atoms with Crippen LogP contribution in [0.1, 0.15) is 15.9 Å². The number of rotatable bonds is 8. The molecule has 4 aromatic carbocycles. The molecule has 5 nitrogen and oxygen atoms in total. The number of benzene rings is 4. The van der Waals surface area contributed by atoms with Crippen LogP contribution in [0.15, 0.2) is 107 Å². The van der Waals surface area contributed by atoms with E-state index in [2.05, 4.69) is 50.5 Å². The van der Waals surface area contributed by atoms with Crippen molar-refractivity contribution in [3.63, 3.8) is 0 Å². The molecule has 5 rings (SSSR count). The first-order valence-corrected chi connectivity index (χ1v) is 12.3. The predicted octanol–water partition coefficient (Wildman–Crippen LogP) is 7.42. The van der Waals surface area contributed by atoms with Crippen molar-refractivity contribution >= 4 is 55.3 Å². The molecule has 36 heavy (non-hydrogen) atoms. The molecule has 178 valence electrons. The number of hydrogen-bond acceptors (Lipinski definition) is 4. The SMILES string of the molecule is O=C(O)c1ccc(C=C(CNc2cnc3c(Br)cccc3c2)COc2cccc3ccccc23)cc1. The Hall–Kier alpha value is -4.16. The third kappa shape index (κ3) is 5.39. The maximum absolute atomic E-state index is 11.2. The number of aromatic carboxylic acids is 1. The predicted molar refractivity (Wildman–Crippen MR) is 149 cm³/mol. The first-order valence-electron chi connectivity index (χ1n) is 11.5. The van der Waals surface area contributed by atoms with Crippen molar-refractivity contribution in [2.75, 3.05) is 18.5 Å². The first-order chi connectivity index (χ1) is 17.6. The van der Waals surface area contributed by atoms with E-state index in [1.54, 1.807) is 24.3 Å². The Balaban J connectivity index is 1.39. The van der Waals surface area contributed by atoms with E-state index < -0.39 is 5.97 Å². The van der Waals surface area contributed by atoms with Gasteiger partial charge in [-0.15, -0.1) is 0 Å². The molecule has 1 heterocycles. The highest BCUT2D eigenvalue weighted by Gasteiger charge is 2.07. The number of halogens is 1. The van der Waals surface area contributed by atoms with E-state index in [9.17, 15) is 9.90 Å². The van der Waals surface area contributed by atoms with Gasteiger partial charge in [-0.3, -0.25) is 4.98 Å². The van der Waals surface area contributed by atoms with Crippen LogP contribution in [0.25, 0.3) is 27.8 Å². The third-order valence-electron chi connectivity index (χ3n) is 5.87. The van der Waals surface area contributed by atoms with Crippen LogP contribution in [0.2, 0.25) is 0 Å². The van der Waals surface area contributed by atoms with Crippen LogP contribution < -0.4 is 10.1 Å². The molecule has 5 aromatic rings. The summed E-state index contributed by atoms with van der Waals surface area (Å²) >= 11 is 3.55. The average Bonchev–Trinajstić information content (AvgIpc) is 2.90. The normalized spacial score (nSPS) is 11.5. The number of fused-ring (bicyclic) bond motifs is 2. The highest BCUT2D eigenvalue weighted by molar-refractivity contribution is 9.10. The fourth-order valence-electron chi connectivity index (χ4n) is 4.03. The van der Waals surface area contributed by atoms with Crippen molar-refractivity contribution in [2.24, 2.45) is 0 Å². The van der Waals surface area contributed by atoms with E-state index in [4.69, 9.17) is 4.74 Å². The molecule has 0 unspecified atom stereocenters. The summed E-state index contributed by atoms with van der Waals surface area (Å²) in [5.74, 6) is -0.125. The minimum atomic E-state index is -0.942. The van der Waals surface area contributed by atoms with Crippen LogP contribution in [-0.4, -0.2) is 29.2 Å². The molecular formula is C30H23BrN2O3. The van der Waals surface area contributed by atoms with Gasteiger partial charge in [0.2, 0.25) is 0 Å². The van der Waals surface area contributed by atoms with E-state index >= 15 is 0 Å². The Labute approximate surface area is 217 Å². The number of aromatic nitrogens is 1. The van der Waals surface area contributed by atoms with Crippen molar-refractivity contribution in [3.05, 3.63) is 118 Å². The molecule has 0 aliphatic carbocycles. The summed E-state index contributed by atoms with van der Waals surface area (Å²) in [7, 11) is 0. The Morgan fingerprint density at radius 1 is 0.944 bits per heavy atom. The summed E-state index contributed by atoms with van der Waals surface area (Å²) in [6.07, 6.45) is 3.84. The number of carboxylic acid groups (broad SMARTS) is 1. The van der Waals surface area contributed by atoms with E-state index in [1.165, 1.54) is 0 Å². The first kappa shape index (κ1) is 23.6. The number of ether oxygens (including phenoxy) is 1. The summed E-state index contributed by atoms with van der Waals surface area (Å²) in [6.45, 7) is 0.904. The summed E-state index contributed by atoms with van der Waals surface area (Å²) < 4.78 is 7.22. The van der Waals surface area contributed by atoms with Crippen LogP contribution in [-0.2, 0) is 0 Å². The molecule has 0 aliphatic heterocycles. The fourth-order valence-corrected chi connectivity index (χ4v) is 4.51. The van der Waals surface area contributed by atoms with Gasteiger partial charge in [-0.1, -0.05) is 66.7 Å². The molecule has 0 aliphatic rings. The summed E-state index contributed by atoms with van der Waals surface area (Å²) in [4.78, 5) is 15.8. The second kappa shape index (κ2) is 10.6. The standard InChI is InChI=1S/C30H23BrN2O3/c31-27-9-3-7-24-16-25(18-33-29(24)27)32-17-21(15-20-11-13-23(14-12-20)30(34)35)19-36-28-10-4-6-22-5-1-2-8-26(22)28/h1-16,18,32H,17,19H2,(H,34,35). The quantitative estimate of drug-likeness (QED) is 0.215. The number of hydrogen-bond donors (Lipinski definition) is 2. The van der Waals surface area contributed by atoms with E-state index in [0.717, 1.165) is 48.7 Å². The van der Waals surface area contributed by atoms with Crippen LogP contribution in [0.4, 0.5) is 5.69 Å². The van der Waals surface area contributed by atoms with Gasteiger partial charge in [-0.25, -0.2) is 4.79 Å². The van der Waals surface area contributed by atoms with Gasteiger partial charge in [0.15, 0.2) is 0 Å². The molecule has 0 fully saturated rings. The van der Waals surface area contributed by atoms with Crippen LogP contribution in [0.5, 0.6) is 5.75 Å². The third-order valence-corrected chi connectivity index (χ3v) is 6.51. The van der Waals surface area contributed by atoms with Crippen LogP contribution >= 0.6 is 15.9 Å². The Morgan fingerprint density at radius 3 is 2.53 bits per heavy atom. The second-order valence-corrected chi connectivity index (χ2v) is 9.24. The maximum atomic E-state index is 11.2. The van der Waals surface area contributed by atoms with Crippen LogP contribution in [0, 0.1) is 0 Å². The zero-order chi connectivity index (χ0) is 24.9. The van der Waals surface area contributed by atoms with E-state index in [-0.39, 0.29) is 5.56 Å². The molecule has 0 radical (unpaired) electrons. The maximum Gasteiger partial charge on any atom is 0.335 e. The lowest BCUT2D eigenvalue weighted by Crippen LogP contribution is -2.12. The van der Waals surface area contributed by atoms with Gasteiger partial charge in [0.05, 0.1) is 23.0 Å². The number of nitrogens with one attached hydrogen (secondary N) is 1. The zero-order valence-corrected chi connectivity index (χ0v) is 20.9. The summed E-state index contributed by atoms with van der Waals surface area (Å²) in [5, 5.41) is 15.9. The highest BCUT2D eigenvalue weighted by atomic mass is 79.9. The molecular weight excluding hydrogens is 516 g/mol. The van der Waals surface area contributed by atoms with Crippen molar-refractivity contribution in [2.45, 2.75) is 0 Å². The van der Waals surface area contributed by atoms with Gasteiger partial charge in [0.25, 0.3) is 0 Å². The number of nitrogens with zero attached hydrogens (tertiary/aromatic N) is 1. The number of para-hydroxylation sites is 1. The lowest BCUT2D eigenvalue weighted by atomic mass is 10.1. The highest BCUT2D eigenvalue weighted by Crippen LogP contribution is 2.27. The van der Waals surface area contributed by atoms with Gasteiger partial charge < -0.3 is 15.2 Å². The van der Waals surface area contributed by atoms with Crippen molar-refractivity contribution in [1.29, 1.82) is 0 Å². The smallest absolute Gasteiger partial charge is 0.335 e. The molecule has 0 spiro atoms. The molecule has 6 heteroatoms. The monoisotopic (exact) mass is 538 g/mol. The van der Waals surface area contributed by atoms with Gasteiger partial charge in [0, 0.05) is 21.8 Å². The molecule has 0 bridgehead atoms. The Kier molecular flexibility index (Phi) is 6.96. The Morgan fingerprint density at radius 2 is 1.69 bits per heavy atom. The van der Waals surface area contributed by atoms with Gasteiger partial charge in [-0.2, -0.15) is 0 Å². The minimum Gasteiger partial charge on any atom is -0.489 e. The number of carboxylic acids is 1. The van der Waals surface area contributed by atoms with Crippen molar-refractivity contribution < 1.29 is 14.6 Å². The van der Waals surface area contributed by atoms with Gasteiger partial charge in [0.1, 0.15) is 12.4 Å². The lowest BCUT2D eigenvalue weighted by molar-refractivity contribution is 0.0697. The summed E-state index contributed by atoms with van der Waals surface area (Å²) in [5.41, 5.74) is 3.97. The number of carbonyl (C=O) groups is 1. The lowest BCUT2D eigenvalue weighted by Gasteiger charge is -2.14. The summed E-state index contributed by atoms with van der Waals surface area (Å²) in [6, 6.07) is 29.0. The zero-order valence-electron chi connectivity index (χ0n) is 19.3. The molecule has 0 atom stereocenters. The number of pyridine rings is 1. The van der Waals surface area contributed by atoms with E-state index in [0.29, 0.717) is 13.2 Å². The van der Waals surface area contributed by atoms with Crippen molar-refractivity contribution in [1.82, 2.24) is 4.98 Å². The van der Waals surface area contributed by atoms with Gasteiger partial charge in [-0.05, 0) is 62.8 Å². The average molecular weight is 539 g/mol. The van der Waals surface area contributed by atoms with E-state index in [1.807, 2.05) is 54.7 Å². The van der Waals surface area contributed by atoms with Gasteiger partial charge >= 0.3 is 5.97 Å². The minimum absolute atomic E-state index is 0.257. The second-order valence-electron chi connectivity index (χ2n) is 8.38. The number of anilines is 1. The molecule has 0 saturated carbocycles. The van der Waals surface area contributed by atoms with Crippen molar-refractivity contribution in [3.8, 4) is 5.75 Å². The molecule has 2 N–H and O–H groups in total. The molecule has 1 aromatic heterocycles. The topological polar surface area (TPSA) is 71.5 Å². The molecule has 0 amide bonds.